The standard InChI is InChI=1S/C11H18N4O/c1-5-7-9-10(15(4)14-7)13-11(2,3)6-8(16)12-9/h13H,5-6H2,1-4H3,(H,12,16). The molecule has 5 nitrogen and oxygen atoms in total. The van der Waals surface area contributed by atoms with Crippen molar-refractivity contribution in [2.75, 3.05) is 10.6 Å². The minimum absolute atomic E-state index is 0.0407. The number of anilines is 2. The van der Waals surface area contributed by atoms with Gasteiger partial charge in [0.2, 0.25) is 5.91 Å². The van der Waals surface area contributed by atoms with Crippen molar-refractivity contribution in [3.63, 3.8) is 0 Å². The van der Waals surface area contributed by atoms with E-state index in [1.165, 1.54) is 0 Å². The normalized spacial score (nSPS) is 18.4. The van der Waals surface area contributed by atoms with E-state index >= 15 is 0 Å². The molecular formula is C11H18N4O. The van der Waals surface area contributed by atoms with Crippen LogP contribution >= 0.6 is 0 Å². The first kappa shape index (κ1) is 11.0. The molecule has 0 aliphatic carbocycles. The number of hydrogen-bond acceptors (Lipinski definition) is 3. The SMILES string of the molecule is CCc1nn(C)c2c1NC(=O)CC(C)(C)N2. The van der Waals surface area contributed by atoms with E-state index in [0.29, 0.717) is 6.42 Å². The second-order valence-electron chi connectivity index (χ2n) is 4.88. The molecule has 0 saturated heterocycles. The Morgan fingerprint density at radius 2 is 2.19 bits per heavy atom. The number of rotatable bonds is 1. The van der Waals surface area contributed by atoms with E-state index in [2.05, 4.69) is 15.7 Å². The van der Waals surface area contributed by atoms with Gasteiger partial charge in [-0.3, -0.25) is 9.48 Å². The van der Waals surface area contributed by atoms with Gasteiger partial charge in [0.15, 0.2) is 0 Å². The van der Waals surface area contributed by atoms with E-state index in [0.717, 1.165) is 23.6 Å². The molecule has 0 radical (unpaired) electrons. The highest BCUT2D eigenvalue weighted by Gasteiger charge is 2.30. The molecule has 0 fully saturated rings. The van der Waals surface area contributed by atoms with E-state index in [1.807, 2.05) is 27.8 Å². The maximum Gasteiger partial charge on any atom is 0.226 e. The van der Waals surface area contributed by atoms with Gasteiger partial charge in [-0.25, -0.2) is 0 Å². The van der Waals surface area contributed by atoms with Crippen LogP contribution in [-0.2, 0) is 18.3 Å². The number of hydrogen-bond donors (Lipinski definition) is 2. The second kappa shape index (κ2) is 3.50. The molecule has 2 rings (SSSR count). The number of fused-ring (bicyclic) bond motifs is 1. The average molecular weight is 222 g/mol. The maximum atomic E-state index is 11.8. The van der Waals surface area contributed by atoms with Crippen molar-refractivity contribution in [3.05, 3.63) is 5.69 Å². The van der Waals surface area contributed by atoms with Gasteiger partial charge in [0.05, 0.1) is 5.69 Å². The molecule has 0 aromatic carbocycles. The van der Waals surface area contributed by atoms with Crippen LogP contribution in [0.1, 0.15) is 32.9 Å². The van der Waals surface area contributed by atoms with Crippen LogP contribution in [0.5, 0.6) is 0 Å². The molecule has 1 aromatic rings. The van der Waals surface area contributed by atoms with Crippen LogP contribution in [0.15, 0.2) is 0 Å². The minimum Gasteiger partial charge on any atom is -0.363 e. The Morgan fingerprint density at radius 1 is 1.50 bits per heavy atom. The van der Waals surface area contributed by atoms with Crippen LogP contribution in [0.2, 0.25) is 0 Å². The molecule has 1 amide bonds. The average Bonchev–Trinajstić information content (AvgIpc) is 2.38. The molecule has 2 heterocycles. The summed E-state index contributed by atoms with van der Waals surface area (Å²) in [5.74, 6) is 0.937. The van der Waals surface area contributed by atoms with Gasteiger partial charge in [-0.05, 0) is 20.3 Å². The summed E-state index contributed by atoms with van der Waals surface area (Å²) < 4.78 is 1.79. The molecule has 1 aliphatic heterocycles. The van der Waals surface area contributed by atoms with Gasteiger partial charge in [0.25, 0.3) is 0 Å². The number of carbonyl (C=O) groups excluding carboxylic acids is 1. The highest BCUT2D eigenvalue weighted by atomic mass is 16.1. The summed E-state index contributed by atoms with van der Waals surface area (Å²) in [4.78, 5) is 11.8. The molecular weight excluding hydrogens is 204 g/mol. The van der Waals surface area contributed by atoms with Crippen molar-refractivity contribution in [1.29, 1.82) is 0 Å². The quantitative estimate of drug-likeness (QED) is 0.757. The van der Waals surface area contributed by atoms with Gasteiger partial charge in [-0.15, -0.1) is 0 Å². The van der Waals surface area contributed by atoms with Crippen LogP contribution in [0.3, 0.4) is 0 Å². The number of amides is 1. The Balaban J connectivity index is 2.51. The fourth-order valence-electron chi connectivity index (χ4n) is 2.05. The van der Waals surface area contributed by atoms with E-state index in [1.54, 1.807) is 4.68 Å². The zero-order valence-electron chi connectivity index (χ0n) is 10.2. The highest BCUT2D eigenvalue weighted by Crippen LogP contribution is 2.32. The number of aromatic nitrogens is 2. The Kier molecular flexibility index (Phi) is 2.40. The summed E-state index contributed by atoms with van der Waals surface area (Å²) in [6.07, 6.45) is 1.27. The monoisotopic (exact) mass is 222 g/mol. The van der Waals surface area contributed by atoms with Crippen molar-refractivity contribution >= 4 is 17.4 Å². The van der Waals surface area contributed by atoms with Crippen molar-refractivity contribution < 1.29 is 4.79 Å². The molecule has 1 aromatic heterocycles. The summed E-state index contributed by atoms with van der Waals surface area (Å²) >= 11 is 0. The number of nitrogens with zero attached hydrogens (tertiary/aromatic N) is 2. The summed E-state index contributed by atoms with van der Waals surface area (Å²) in [6, 6.07) is 0. The zero-order valence-corrected chi connectivity index (χ0v) is 10.2. The summed E-state index contributed by atoms with van der Waals surface area (Å²) in [6.45, 7) is 6.06. The third kappa shape index (κ3) is 1.77. The third-order valence-electron chi connectivity index (χ3n) is 2.78. The number of aryl methyl sites for hydroxylation is 2. The second-order valence-corrected chi connectivity index (χ2v) is 4.88. The number of carbonyl (C=O) groups is 1. The molecule has 16 heavy (non-hydrogen) atoms. The Hall–Kier alpha value is -1.52. The predicted octanol–water partition coefficient (Wildman–Crippen LogP) is 1.52. The topological polar surface area (TPSA) is 59.0 Å². The Morgan fingerprint density at radius 3 is 2.81 bits per heavy atom. The lowest BCUT2D eigenvalue weighted by atomic mass is 10.0. The van der Waals surface area contributed by atoms with Gasteiger partial charge < -0.3 is 10.6 Å². The molecule has 0 spiro atoms. The van der Waals surface area contributed by atoms with Gasteiger partial charge >= 0.3 is 0 Å². The van der Waals surface area contributed by atoms with Gasteiger partial charge in [0, 0.05) is 19.0 Å². The molecule has 5 heteroatoms. The van der Waals surface area contributed by atoms with E-state index in [4.69, 9.17) is 0 Å². The fraction of sp³-hybridized carbons (Fsp3) is 0.636. The summed E-state index contributed by atoms with van der Waals surface area (Å²) in [5.41, 5.74) is 1.52. The van der Waals surface area contributed by atoms with Crippen LogP contribution < -0.4 is 10.6 Å². The van der Waals surface area contributed by atoms with E-state index in [9.17, 15) is 4.79 Å². The lowest BCUT2D eigenvalue weighted by Crippen LogP contribution is -2.33. The largest absolute Gasteiger partial charge is 0.363 e. The fourth-order valence-corrected chi connectivity index (χ4v) is 2.05. The lowest BCUT2D eigenvalue weighted by Gasteiger charge is -2.23. The van der Waals surface area contributed by atoms with E-state index in [-0.39, 0.29) is 11.4 Å². The molecule has 88 valence electrons. The maximum absolute atomic E-state index is 11.8. The molecule has 0 bridgehead atoms. The molecule has 1 aliphatic rings. The third-order valence-corrected chi connectivity index (χ3v) is 2.78. The van der Waals surface area contributed by atoms with Crippen molar-refractivity contribution in [2.45, 2.75) is 39.2 Å². The molecule has 0 unspecified atom stereocenters. The van der Waals surface area contributed by atoms with Crippen molar-refractivity contribution in [2.24, 2.45) is 7.05 Å². The first-order valence-corrected chi connectivity index (χ1v) is 5.57. The molecule has 2 N–H and O–H groups in total. The minimum atomic E-state index is -0.242. The summed E-state index contributed by atoms with van der Waals surface area (Å²) in [5, 5.41) is 10.7. The van der Waals surface area contributed by atoms with Gasteiger partial charge in [0.1, 0.15) is 11.5 Å². The molecule has 0 saturated carbocycles. The zero-order chi connectivity index (χ0) is 11.9. The van der Waals surface area contributed by atoms with Crippen LogP contribution in [0.25, 0.3) is 0 Å². The first-order chi connectivity index (χ1) is 7.43. The molecule has 0 atom stereocenters. The van der Waals surface area contributed by atoms with E-state index < -0.39 is 0 Å². The number of nitrogens with one attached hydrogen (secondary N) is 2. The first-order valence-electron chi connectivity index (χ1n) is 5.57. The predicted molar refractivity (Wildman–Crippen MR) is 63.5 cm³/mol. The van der Waals surface area contributed by atoms with Crippen LogP contribution in [0, 0.1) is 0 Å². The Bertz CT molecular complexity index is 433. The smallest absolute Gasteiger partial charge is 0.226 e. The Labute approximate surface area is 95.2 Å². The van der Waals surface area contributed by atoms with Gasteiger partial charge in [-0.1, -0.05) is 6.92 Å². The van der Waals surface area contributed by atoms with Crippen molar-refractivity contribution in [1.82, 2.24) is 9.78 Å². The van der Waals surface area contributed by atoms with Crippen molar-refractivity contribution in [3.8, 4) is 0 Å². The van der Waals surface area contributed by atoms with Crippen LogP contribution in [-0.4, -0.2) is 21.2 Å². The lowest BCUT2D eigenvalue weighted by molar-refractivity contribution is -0.116. The van der Waals surface area contributed by atoms with Gasteiger partial charge in [-0.2, -0.15) is 5.10 Å². The summed E-state index contributed by atoms with van der Waals surface area (Å²) in [7, 11) is 1.89. The highest BCUT2D eigenvalue weighted by molar-refractivity contribution is 5.97. The van der Waals surface area contributed by atoms with Crippen LogP contribution in [0.4, 0.5) is 11.5 Å².